The second-order valence-corrected chi connectivity index (χ2v) is 2.28. The highest BCUT2D eigenvalue weighted by Gasteiger charge is 2.10. The van der Waals surface area contributed by atoms with E-state index in [9.17, 15) is 4.79 Å². The van der Waals surface area contributed by atoms with Crippen LogP contribution in [0.5, 0.6) is 0 Å². The SMILES string of the molecule is CN1CCN/C1=C/C(N)=O. The number of likely N-dealkylation sites (N-methyl/N-ethyl adjacent to an activating group) is 1. The Kier molecular flexibility index (Phi) is 1.80. The highest BCUT2D eigenvalue weighted by atomic mass is 16.1. The summed E-state index contributed by atoms with van der Waals surface area (Å²) >= 11 is 0. The van der Waals surface area contributed by atoms with E-state index in [1.807, 2.05) is 11.9 Å². The zero-order chi connectivity index (χ0) is 7.56. The molecule has 1 aliphatic heterocycles. The van der Waals surface area contributed by atoms with Crippen LogP contribution in [-0.4, -0.2) is 30.9 Å². The number of nitrogens with two attached hydrogens (primary N) is 1. The Morgan fingerprint density at radius 3 is 3.00 bits per heavy atom. The largest absolute Gasteiger partial charge is 0.370 e. The number of nitrogens with one attached hydrogen (secondary N) is 1. The Hall–Kier alpha value is -1.19. The molecule has 1 fully saturated rings. The van der Waals surface area contributed by atoms with Gasteiger partial charge in [0, 0.05) is 26.2 Å². The van der Waals surface area contributed by atoms with Gasteiger partial charge in [-0.25, -0.2) is 0 Å². The van der Waals surface area contributed by atoms with E-state index in [-0.39, 0.29) is 0 Å². The Balaban J connectivity index is 2.62. The van der Waals surface area contributed by atoms with Crippen LogP contribution < -0.4 is 11.1 Å². The fourth-order valence-corrected chi connectivity index (χ4v) is 0.903. The summed E-state index contributed by atoms with van der Waals surface area (Å²) in [5.41, 5.74) is 4.95. The molecule has 1 saturated heterocycles. The summed E-state index contributed by atoms with van der Waals surface area (Å²) in [4.78, 5) is 12.3. The standard InChI is InChI=1S/C6H11N3O/c1-9-3-2-8-6(9)4-5(7)10/h4,8H,2-3H2,1H3,(H2,7,10)/b6-4-. The number of rotatable bonds is 1. The van der Waals surface area contributed by atoms with E-state index in [0.29, 0.717) is 0 Å². The second-order valence-electron chi connectivity index (χ2n) is 2.28. The van der Waals surface area contributed by atoms with E-state index >= 15 is 0 Å². The molecule has 0 spiro atoms. The highest BCUT2D eigenvalue weighted by molar-refractivity contribution is 5.86. The maximum absolute atomic E-state index is 10.4. The Labute approximate surface area is 59.7 Å². The molecule has 4 nitrogen and oxygen atoms in total. The summed E-state index contributed by atoms with van der Waals surface area (Å²) in [5, 5.41) is 3.02. The lowest BCUT2D eigenvalue weighted by atomic mass is 10.5. The normalized spacial score (nSPS) is 21.3. The third-order valence-corrected chi connectivity index (χ3v) is 1.44. The zero-order valence-electron chi connectivity index (χ0n) is 5.92. The molecule has 0 aromatic carbocycles. The van der Waals surface area contributed by atoms with Gasteiger partial charge >= 0.3 is 0 Å². The molecule has 0 atom stereocenters. The number of carbonyl (C=O) groups excluding carboxylic acids is 1. The fourth-order valence-electron chi connectivity index (χ4n) is 0.903. The topological polar surface area (TPSA) is 58.4 Å². The van der Waals surface area contributed by atoms with Gasteiger partial charge in [-0.1, -0.05) is 0 Å². The van der Waals surface area contributed by atoms with Crippen LogP contribution in [0, 0.1) is 0 Å². The number of hydrogen-bond acceptors (Lipinski definition) is 3. The molecule has 10 heavy (non-hydrogen) atoms. The molecule has 0 unspecified atom stereocenters. The Morgan fingerprint density at radius 1 is 1.90 bits per heavy atom. The molecule has 56 valence electrons. The lowest BCUT2D eigenvalue weighted by Crippen LogP contribution is -2.18. The van der Waals surface area contributed by atoms with Crippen LogP contribution in [0.15, 0.2) is 11.9 Å². The van der Waals surface area contributed by atoms with Crippen LogP contribution in [0.4, 0.5) is 0 Å². The highest BCUT2D eigenvalue weighted by Crippen LogP contribution is 2.01. The second kappa shape index (κ2) is 2.60. The molecular formula is C6H11N3O. The van der Waals surface area contributed by atoms with E-state index in [0.717, 1.165) is 18.9 Å². The lowest BCUT2D eigenvalue weighted by Gasteiger charge is -2.09. The molecule has 1 aliphatic rings. The van der Waals surface area contributed by atoms with Gasteiger partial charge in [0.1, 0.15) is 5.82 Å². The van der Waals surface area contributed by atoms with Crippen molar-refractivity contribution in [1.29, 1.82) is 0 Å². The number of primary amides is 1. The molecule has 0 saturated carbocycles. The van der Waals surface area contributed by atoms with Crippen LogP contribution in [0.2, 0.25) is 0 Å². The Bertz CT molecular complexity index is 176. The first-order valence-corrected chi connectivity index (χ1v) is 3.16. The van der Waals surface area contributed by atoms with Gasteiger partial charge in [0.25, 0.3) is 0 Å². The van der Waals surface area contributed by atoms with Crippen molar-refractivity contribution in [2.75, 3.05) is 20.1 Å². The molecule has 0 aromatic heterocycles. The lowest BCUT2D eigenvalue weighted by molar-refractivity contribution is -0.113. The molecule has 1 heterocycles. The third-order valence-electron chi connectivity index (χ3n) is 1.44. The minimum absolute atomic E-state index is 0.406. The average Bonchev–Trinajstić information content (AvgIpc) is 2.15. The smallest absolute Gasteiger partial charge is 0.245 e. The van der Waals surface area contributed by atoms with Crippen molar-refractivity contribution in [2.45, 2.75) is 0 Å². The first-order valence-electron chi connectivity index (χ1n) is 3.16. The molecule has 0 radical (unpaired) electrons. The molecule has 0 aliphatic carbocycles. The monoisotopic (exact) mass is 141 g/mol. The Morgan fingerprint density at radius 2 is 2.60 bits per heavy atom. The molecule has 1 rings (SSSR count). The van der Waals surface area contributed by atoms with Gasteiger partial charge in [0.2, 0.25) is 5.91 Å². The summed E-state index contributed by atoms with van der Waals surface area (Å²) in [6.07, 6.45) is 1.40. The van der Waals surface area contributed by atoms with Crippen LogP contribution in [0.3, 0.4) is 0 Å². The number of amides is 1. The van der Waals surface area contributed by atoms with Crippen LogP contribution in [0.1, 0.15) is 0 Å². The van der Waals surface area contributed by atoms with Gasteiger partial charge in [-0.3, -0.25) is 4.79 Å². The van der Waals surface area contributed by atoms with Gasteiger partial charge in [-0.2, -0.15) is 0 Å². The van der Waals surface area contributed by atoms with Gasteiger partial charge in [-0.15, -0.1) is 0 Å². The van der Waals surface area contributed by atoms with Crippen molar-refractivity contribution in [3.8, 4) is 0 Å². The maximum atomic E-state index is 10.4. The van der Waals surface area contributed by atoms with E-state index in [1.165, 1.54) is 6.08 Å². The van der Waals surface area contributed by atoms with Crippen LogP contribution in [0.25, 0.3) is 0 Å². The summed E-state index contributed by atoms with van der Waals surface area (Å²) in [5.74, 6) is 0.406. The van der Waals surface area contributed by atoms with Crippen molar-refractivity contribution >= 4 is 5.91 Å². The average molecular weight is 141 g/mol. The minimum atomic E-state index is -0.406. The number of carbonyl (C=O) groups is 1. The van der Waals surface area contributed by atoms with E-state index < -0.39 is 5.91 Å². The fraction of sp³-hybridized carbons (Fsp3) is 0.500. The van der Waals surface area contributed by atoms with Crippen molar-refractivity contribution in [3.63, 3.8) is 0 Å². The zero-order valence-corrected chi connectivity index (χ0v) is 5.92. The predicted molar refractivity (Wildman–Crippen MR) is 37.9 cm³/mol. The maximum Gasteiger partial charge on any atom is 0.245 e. The van der Waals surface area contributed by atoms with Crippen molar-refractivity contribution in [2.24, 2.45) is 5.73 Å². The minimum Gasteiger partial charge on any atom is -0.370 e. The first-order chi connectivity index (χ1) is 4.70. The summed E-state index contributed by atoms with van der Waals surface area (Å²) in [6.45, 7) is 1.81. The van der Waals surface area contributed by atoms with Crippen molar-refractivity contribution in [1.82, 2.24) is 10.2 Å². The van der Waals surface area contributed by atoms with Crippen LogP contribution >= 0.6 is 0 Å². The number of nitrogens with zero attached hydrogens (tertiary/aromatic N) is 1. The van der Waals surface area contributed by atoms with Gasteiger partial charge in [-0.05, 0) is 0 Å². The van der Waals surface area contributed by atoms with Gasteiger partial charge in [0.05, 0.1) is 0 Å². The van der Waals surface area contributed by atoms with E-state index in [1.54, 1.807) is 0 Å². The summed E-state index contributed by atoms with van der Waals surface area (Å²) in [6, 6.07) is 0. The van der Waals surface area contributed by atoms with Crippen LogP contribution in [-0.2, 0) is 4.79 Å². The van der Waals surface area contributed by atoms with Crippen molar-refractivity contribution < 1.29 is 4.79 Å². The van der Waals surface area contributed by atoms with Crippen molar-refractivity contribution in [3.05, 3.63) is 11.9 Å². The summed E-state index contributed by atoms with van der Waals surface area (Å²) in [7, 11) is 1.91. The quantitative estimate of drug-likeness (QED) is 0.453. The molecule has 4 heteroatoms. The predicted octanol–water partition coefficient (Wildman–Crippen LogP) is -1.15. The van der Waals surface area contributed by atoms with E-state index in [2.05, 4.69) is 5.32 Å². The molecule has 0 bridgehead atoms. The molecular weight excluding hydrogens is 130 g/mol. The van der Waals surface area contributed by atoms with E-state index in [4.69, 9.17) is 5.73 Å². The van der Waals surface area contributed by atoms with Gasteiger partial charge in [0.15, 0.2) is 0 Å². The van der Waals surface area contributed by atoms with Gasteiger partial charge < -0.3 is 16.0 Å². The molecule has 0 aromatic rings. The summed E-state index contributed by atoms with van der Waals surface area (Å²) < 4.78 is 0. The molecule has 1 amide bonds. The first kappa shape index (κ1) is 6.92. The number of hydrogen-bond donors (Lipinski definition) is 2. The third kappa shape index (κ3) is 1.40. The molecule has 3 N–H and O–H groups in total.